The Balaban J connectivity index is 1.68. The Labute approximate surface area is 121 Å². The normalized spacial score (nSPS) is 14.1. The molecule has 2 aromatic heterocycles. The van der Waals surface area contributed by atoms with Gasteiger partial charge in [-0.15, -0.1) is 0 Å². The molecule has 0 unspecified atom stereocenters. The molecule has 0 aromatic carbocycles. The van der Waals surface area contributed by atoms with Crippen molar-refractivity contribution in [1.82, 2.24) is 10.3 Å². The van der Waals surface area contributed by atoms with E-state index < -0.39 is 0 Å². The van der Waals surface area contributed by atoms with Crippen molar-refractivity contribution in [3.05, 3.63) is 47.0 Å². The van der Waals surface area contributed by atoms with Crippen LogP contribution in [0, 0.1) is 0 Å². The second-order valence-corrected chi connectivity index (χ2v) is 5.14. The summed E-state index contributed by atoms with van der Waals surface area (Å²) in [5.74, 6) is 1.13. The van der Waals surface area contributed by atoms with E-state index in [4.69, 9.17) is 16.0 Å². The molecule has 2 heterocycles. The first-order valence-electron chi connectivity index (χ1n) is 6.45. The highest BCUT2D eigenvalue weighted by Crippen LogP contribution is 2.25. The Hall–Kier alpha value is -2.01. The number of anilines is 1. The third-order valence-corrected chi connectivity index (χ3v) is 3.33. The van der Waals surface area contributed by atoms with E-state index in [2.05, 4.69) is 15.6 Å². The molecule has 1 amide bonds. The summed E-state index contributed by atoms with van der Waals surface area (Å²) >= 11 is 6.03. The molecule has 0 spiro atoms. The van der Waals surface area contributed by atoms with Gasteiger partial charge in [0, 0.05) is 12.2 Å². The Morgan fingerprint density at radius 1 is 1.50 bits per heavy atom. The van der Waals surface area contributed by atoms with Gasteiger partial charge in [0.05, 0.1) is 23.4 Å². The number of halogens is 1. The molecule has 1 saturated carbocycles. The third kappa shape index (κ3) is 3.11. The summed E-state index contributed by atoms with van der Waals surface area (Å²) in [6.45, 7) is 0.329. The van der Waals surface area contributed by atoms with E-state index in [9.17, 15) is 4.79 Å². The van der Waals surface area contributed by atoms with Crippen LogP contribution in [0.1, 0.15) is 29.0 Å². The lowest BCUT2D eigenvalue weighted by Gasteiger charge is -2.08. The van der Waals surface area contributed by atoms with Crippen molar-refractivity contribution < 1.29 is 9.21 Å². The lowest BCUT2D eigenvalue weighted by atomic mass is 10.2. The first-order valence-corrected chi connectivity index (χ1v) is 6.83. The number of aromatic nitrogens is 1. The van der Waals surface area contributed by atoms with Crippen LogP contribution in [-0.4, -0.2) is 16.9 Å². The van der Waals surface area contributed by atoms with Gasteiger partial charge in [0.1, 0.15) is 11.6 Å². The van der Waals surface area contributed by atoms with Crippen LogP contribution in [0.4, 0.5) is 5.82 Å². The first-order chi connectivity index (χ1) is 9.72. The van der Waals surface area contributed by atoms with E-state index in [1.54, 1.807) is 24.5 Å². The van der Waals surface area contributed by atoms with Crippen LogP contribution in [0.2, 0.25) is 5.02 Å². The molecule has 1 fully saturated rings. The van der Waals surface area contributed by atoms with E-state index in [1.165, 1.54) is 6.20 Å². The van der Waals surface area contributed by atoms with Crippen LogP contribution in [-0.2, 0) is 6.54 Å². The molecule has 5 nitrogen and oxygen atoms in total. The average molecular weight is 292 g/mol. The molecule has 0 bridgehead atoms. The predicted molar refractivity (Wildman–Crippen MR) is 75.8 cm³/mol. The van der Waals surface area contributed by atoms with Crippen molar-refractivity contribution in [1.29, 1.82) is 0 Å². The van der Waals surface area contributed by atoms with Crippen LogP contribution in [0.3, 0.4) is 0 Å². The largest absolute Gasteiger partial charge is 0.467 e. The number of rotatable bonds is 5. The molecule has 0 atom stereocenters. The highest BCUT2D eigenvalue weighted by Gasteiger charge is 2.22. The predicted octanol–water partition coefficient (Wildman–Crippen LogP) is 2.83. The van der Waals surface area contributed by atoms with Gasteiger partial charge >= 0.3 is 0 Å². The fraction of sp³-hybridized carbons (Fsp3) is 0.286. The van der Waals surface area contributed by atoms with Crippen LogP contribution >= 0.6 is 11.6 Å². The second kappa shape index (κ2) is 5.54. The number of pyridine rings is 1. The summed E-state index contributed by atoms with van der Waals surface area (Å²) in [7, 11) is 0. The van der Waals surface area contributed by atoms with Crippen LogP contribution in [0.25, 0.3) is 0 Å². The summed E-state index contributed by atoms with van der Waals surface area (Å²) < 4.78 is 5.16. The molecule has 2 N–H and O–H groups in total. The summed E-state index contributed by atoms with van der Waals surface area (Å²) in [5.41, 5.74) is 0.413. The molecule has 0 aliphatic heterocycles. The standard InChI is InChI=1S/C14H14ClN3O2/c15-12-8-16-13(18-9-3-4-9)6-11(12)14(19)17-7-10-2-1-5-20-10/h1-2,5-6,8-9H,3-4,7H2,(H,16,18)(H,17,19). The smallest absolute Gasteiger partial charge is 0.253 e. The molecule has 6 heteroatoms. The Kier molecular flexibility index (Phi) is 3.60. The van der Waals surface area contributed by atoms with Gasteiger partial charge in [0.25, 0.3) is 5.91 Å². The summed E-state index contributed by atoms with van der Waals surface area (Å²) in [6.07, 6.45) is 5.35. The van der Waals surface area contributed by atoms with Gasteiger partial charge in [-0.1, -0.05) is 11.6 Å². The SMILES string of the molecule is O=C(NCc1ccco1)c1cc(NC2CC2)ncc1Cl. The maximum absolute atomic E-state index is 12.1. The maximum Gasteiger partial charge on any atom is 0.253 e. The number of hydrogen-bond acceptors (Lipinski definition) is 4. The van der Waals surface area contributed by atoms with Gasteiger partial charge in [-0.25, -0.2) is 4.98 Å². The van der Waals surface area contributed by atoms with Crippen molar-refractivity contribution in [3.63, 3.8) is 0 Å². The minimum atomic E-state index is -0.243. The number of carbonyl (C=O) groups is 1. The van der Waals surface area contributed by atoms with Crippen LogP contribution < -0.4 is 10.6 Å². The molecule has 20 heavy (non-hydrogen) atoms. The van der Waals surface area contributed by atoms with Crippen LogP contribution in [0.5, 0.6) is 0 Å². The van der Waals surface area contributed by atoms with Gasteiger partial charge < -0.3 is 15.1 Å². The van der Waals surface area contributed by atoms with Gasteiger partial charge in [-0.05, 0) is 31.0 Å². The van der Waals surface area contributed by atoms with Gasteiger partial charge in [-0.2, -0.15) is 0 Å². The fourth-order valence-electron chi connectivity index (χ4n) is 1.80. The number of nitrogens with one attached hydrogen (secondary N) is 2. The third-order valence-electron chi connectivity index (χ3n) is 3.03. The molecule has 1 aliphatic rings. The van der Waals surface area contributed by atoms with E-state index in [0.29, 0.717) is 34.8 Å². The molecule has 2 aromatic rings. The number of carbonyl (C=O) groups excluding carboxylic acids is 1. The second-order valence-electron chi connectivity index (χ2n) is 4.73. The zero-order valence-electron chi connectivity index (χ0n) is 10.7. The van der Waals surface area contributed by atoms with Crippen LogP contribution in [0.15, 0.2) is 35.1 Å². The minimum Gasteiger partial charge on any atom is -0.467 e. The van der Waals surface area contributed by atoms with Crippen molar-refractivity contribution in [2.24, 2.45) is 0 Å². The Morgan fingerprint density at radius 3 is 3.05 bits per heavy atom. The van der Waals surface area contributed by atoms with E-state index in [0.717, 1.165) is 12.8 Å². The van der Waals surface area contributed by atoms with Crippen molar-refractivity contribution in [2.75, 3.05) is 5.32 Å². The lowest BCUT2D eigenvalue weighted by molar-refractivity contribution is 0.0948. The zero-order valence-corrected chi connectivity index (χ0v) is 11.5. The summed E-state index contributed by atoms with van der Waals surface area (Å²) in [6, 6.07) is 5.73. The molecular formula is C14H14ClN3O2. The van der Waals surface area contributed by atoms with E-state index in [-0.39, 0.29) is 5.91 Å². The molecular weight excluding hydrogens is 278 g/mol. The Bertz CT molecular complexity index is 609. The number of hydrogen-bond donors (Lipinski definition) is 2. The highest BCUT2D eigenvalue weighted by molar-refractivity contribution is 6.33. The summed E-state index contributed by atoms with van der Waals surface area (Å²) in [5, 5.41) is 6.34. The Morgan fingerprint density at radius 2 is 2.35 bits per heavy atom. The monoisotopic (exact) mass is 291 g/mol. The van der Waals surface area contributed by atoms with Gasteiger partial charge in [-0.3, -0.25) is 4.79 Å². The van der Waals surface area contributed by atoms with Gasteiger partial charge in [0.2, 0.25) is 0 Å². The average Bonchev–Trinajstić information content (AvgIpc) is 3.10. The van der Waals surface area contributed by atoms with Crippen molar-refractivity contribution in [2.45, 2.75) is 25.4 Å². The molecule has 0 radical (unpaired) electrons. The number of amides is 1. The first kappa shape index (κ1) is 13.0. The number of furan rings is 1. The molecule has 104 valence electrons. The zero-order chi connectivity index (χ0) is 13.9. The quantitative estimate of drug-likeness (QED) is 0.889. The van der Waals surface area contributed by atoms with Crippen molar-refractivity contribution >= 4 is 23.3 Å². The number of nitrogens with zero attached hydrogens (tertiary/aromatic N) is 1. The minimum absolute atomic E-state index is 0.243. The maximum atomic E-state index is 12.1. The molecule has 3 rings (SSSR count). The van der Waals surface area contributed by atoms with Gasteiger partial charge in [0.15, 0.2) is 0 Å². The topological polar surface area (TPSA) is 67.2 Å². The van der Waals surface area contributed by atoms with E-state index in [1.807, 2.05) is 0 Å². The molecule has 0 saturated heterocycles. The highest BCUT2D eigenvalue weighted by atomic mass is 35.5. The lowest BCUT2D eigenvalue weighted by Crippen LogP contribution is -2.23. The van der Waals surface area contributed by atoms with E-state index >= 15 is 0 Å². The molecule has 1 aliphatic carbocycles. The van der Waals surface area contributed by atoms with Crippen molar-refractivity contribution in [3.8, 4) is 0 Å². The fourth-order valence-corrected chi connectivity index (χ4v) is 1.99. The summed E-state index contributed by atoms with van der Waals surface area (Å²) in [4.78, 5) is 16.3.